The van der Waals surface area contributed by atoms with Gasteiger partial charge in [-0.15, -0.1) is 0 Å². The Morgan fingerprint density at radius 1 is 1.32 bits per heavy atom. The van der Waals surface area contributed by atoms with Gasteiger partial charge >= 0.3 is 0 Å². The average molecular weight is 426 g/mol. The van der Waals surface area contributed by atoms with E-state index < -0.39 is 11.7 Å². The molecule has 0 heterocycles. The molecule has 5 nitrogen and oxygen atoms in total. The SMILES string of the molecule is C=N/C(=N\N(C)Cc1ccccc1)C(=O)Nc1ccc(Br)c(Cl)c1F. The number of carbonyl (C=O) groups is 1. The lowest BCUT2D eigenvalue weighted by Crippen LogP contribution is -2.25. The summed E-state index contributed by atoms with van der Waals surface area (Å²) >= 11 is 8.92. The Bertz CT molecular complexity index is 814. The van der Waals surface area contributed by atoms with Gasteiger partial charge in [-0.1, -0.05) is 41.9 Å². The van der Waals surface area contributed by atoms with Crippen molar-refractivity contribution in [2.45, 2.75) is 6.54 Å². The molecule has 130 valence electrons. The number of aliphatic imine (C=N–C) groups is 1. The fourth-order valence-electron chi connectivity index (χ4n) is 1.99. The van der Waals surface area contributed by atoms with Crippen LogP contribution >= 0.6 is 27.5 Å². The van der Waals surface area contributed by atoms with Gasteiger partial charge < -0.3 is 5.32 Å². The fraction of sp³-hybridized carbons (Fsp3) is 0.118. The van der Waals surface area contributed by atoms with Gasteiger partial charge in [-0.2, -0.15) is 5.10 Å². The van der Waals surface area contributed by atoms with Crippen LogP contribution in [0.5, 0.6) is 0 Å². The maximum Gasteiger partial charge on any atom is 0.295 e. The van der Waals surface area contributed by atoms with E-state index in [0.29, 0.717) is 11.0 Å². The van der Waals surface area contributed by atoms with Gasteiger partial charge in [-0.05, 0) is 40.3 Å². The highest BCUT2D eigenvalue weighted by Crippen LogP contribution is 2.30. The van der Waals surface area contributed by atoms with Crippen molar-refractivity contribution in [2.24, 2.45) is 10.1 Å². The molecule has 1 amide bonds. The molecular formula is C17H15BrClFN4O. The van der Waals surface area contributed by atoms with Gasteiger partial charge in [0.15, 0.2) is 5.82 Å². The molecule has 2 rings (SSSR count). The van der Waals surface area contributed by atoms with Gasteiger partial charge in [0.2, 0.25) is 5.84 Å². The first-order valence-corrected chi connectivity index (χ1v) is 8.34. The molecule has 0 aliphatic carbocycles. The molecule has 0 spiro atoms. The summed E-state index contributed by atoms with van der Waals surface area (Å²) in [5, 5.41) is 7.91. The van der Waals surface area contributed by atoms with Crippen molar-refractivity contribution in [3.05, 3.63) is 63.3 Å². The van der Waals surface area contributed by atoms with Crippen LogP contribution in [0.25, 0.3) is 0 Å². The molecule has 0 aromatic heterocycles. The van der Waals surface area contributed by atoms with E-state index >= 15 is 0 Å². The number of benzene rings is 2. The van der Waals surface area contributed by atoms with Crippen LogP contribution in [0.1, 0.15) is 5.56 Å². The number of carbonyl (C=O) groups excluding carboxylic acids is 1. The van der Waals surface area contributed by atoms with Crippen LogP contribution in [0.4, 0.5) is 10.1 Å². The zero-order valence-corrected chi connectivity index (χ0v) is 15.7. The zero-order valence-electron chi connectivity index (χ0n) is 13.3. The predicted molar refractivity (Wildman–Crippen MR) is 103 cm³/mol. The second-order valence-electron chi connectivity index (χ2n) is 5.06. The third-order valence-corrected chi connectivity index (χ3v) is 4.41. The summed E-state index contributed by atoms with van der Waals surface area (Å²) in [5.41, 5.74) is 0.948. The average Bonchev–Trinajstić information content (AvgIpc) is 2.61. The number of halogens is 3. The Hall–Kier alpha value is -2.25. The Kier molecular flexibility index (Phi) is 6.66. The van der Waals surface area contributed by atoms with Gasteiger partial charge in [0.1, 0.15) is 0 Å². The van der Waals surface area contributed by atoms with Crippen molar-refractivity contribution in [1.82, 2.24) is 5.01 Å². The van der Waals surface area contributed by atoms with Crippen LogP contribution < -0.4 is 5.32 Å². The van der Waals surface area contributed by atoms with Crippen molar-refractivity contribution >= 4 is 51.7 Å². The van der Waals surface area contributed by atoms with Crippen molar-refractivity contribution in [1.29, 1.82) is 0 Å². The highest BCUT2D eigenvalue weighted by Gasteiger charge is 2.16. The number of nitrogens with one attached hydrogen (secondary N) is 1. The molecule has 1 N–H and O–H groups in total. The number of anilines is 1. The predicted octanol–water partition coefficient (Wildman–Crippen LogP) is 4.33. The van der Waals surface area contributed by atoms with E-state index in [1.54, 1.807) is 12.1 Å². The lowest BCUT2D eigenvalue weighted by molar-refractivity contribution is -0.110. The van der Waals surface area contributed by atoms with E-state index in [9.17, 15) is 9.18 Å². The van der Waals surface area contributed by atoms with Crippen LogP contribution in [-0.2, 0) is 11.3 Å². The summed E-state index contributed by atoms with van der Waals surface area (Å²) in [4.78, 5) is 15.9. The number of hydrogen-bond donors (Lipinski definition) is 1. The molecule has 0 saturated heterocycles. The molecule has 25 heavy (non-hydrogen) atoms. The van der Waals surface area contributed by atoms with Crippen molar-refractivity contribution in [3.63, 3.8) is 0 Å². The molecule has 8 heteroatoms. The lowest BCUT2D eigenvalue weighted by atomic mass is 10.2. The van der Waals surface area contributed by atoms with Gasteiger partial charge in [0, 0.05) is 11.5 Å². The van der Waals surface area contributed by atoms with E-state index in [4.69, 9.17) is 11.6 Å². The lowest BCUT2D eigenvalue weighted by Gasteiger charge is -2.14. The molecule has 0 fully saturated rings. The Morgan fingerprint density at radius 3 is 2.64 bits per heavy atom. The first kappa shape index (κ1) is 19.1. The van der Waals surface area contributed by atoms with Crippen molar-refractivity contribution in [2.75, 3.05) is 12.4 Å². The molecule has 2 aromatic carbocycles. The summed E-state index contributed by atoms with van der Waals surface area (Å²) < 4.78 is 14.5. The molecular weight excluding hydrogens is 411 g/mol. The molecule has 0 aliphatic rings. The largest absolute Gasteiger partial charge is 0.317 e. The zero-order chi connectivity index (χ0) is 18.4. The summed E-state index contributed by atoms with van der Waals surface area (Å²) in [6, 6.07) is 12.5. The van der Waals surface area contributed by atoms with E-state index in [-0.39, 0.29) is 16.5 Å². The first-order valence-electron chi connectivity index (χ1n) is 7.17. The molecule has 2 aromatic rings. The van der Waals surface area contributed by atoms with E-state index in [1.165, 1.54) is 12.1 Å². The Labute approximate surface area is 158 Å². The number of hydrogen-bond acceptors (Lipinski definition) is 3. The highest BCUT2D eigenvalue weighted by atomic mass is 79.9. The normalized spacial score (nSPS) is 11.1. The van der Waals surface area contributed by atoms with Crippen LogP contribution in [0.2, 0.25) is 5.02 Å². The maximum atomic E-state index is 14.1. The van der Waals surface area contributed by atoms with Crippen LogP contribution in [0.15, 0.2) is 57.0 Å². The molecule has 0 atom stereocenters. The van der Waals surface area contributed by atoms with Crippen LogP contribution in [-0.4, -0.2) is 30.5 Å². The second-order valence-corrected chi connectivity index (χ2v) is 6.29. The minimum atomic E-state index is -0.745. The second kappa shape index (κ2) is 8.73. The number of hydrazone groups is 1. The van der Waals surface area contributed by atoms with E-state index in [2.05, 4.69) is 38.1 Å². The van der Waals surface area contributed by atoms with Crippen molar-refractivity contribution < 1.29 is 9.18 Å². The monoisotopic (exact) mass is 424 g/mol. The Balaban J connectivity index is 2.12. The fourth-order valence-corrected chi connectivity index (χ4v) is 2.47. The van der Waals surface area contributed by atoms with Crippen LogP contribution in [0, 0.1) is 5.82 Å². The number of rotatable bonds is 4. The molecule has 0 radical (unpaired) electrons. The number of amidine groups is 1. The van der Waals surface area contributed by atoms with Gasteiger partial charge in [-0.25, -0.2) is 9.38 Å². The Morgan fingerprint density at radius 2 is 2.00 bits per heavy atom. The van der Waals surface area contributed by atoms with Crippen molar-refractivity contribution in [3.8, 4) is 0 Å². The van der Waals surface area contributed by atoms with Gasteiger partial charge in [0.05, 0.1) is 17.3 Å². The maximum absolute atomic E-state index is 14.1. The first-order chi connectivity index (χ1) is 11.9. The standard InChI is InChI=1S/C17H15BrClFN4O/c1-21-16(23-24(2)10-11-6-4-3-5-7-11)17(25)22-13-9-8-12(18)14(19)15(13)20/h3-9H,1,10H2,2H3,(H,22,25)/b23-16-. The van der Waals surface area contributed by atoms with Gasteiger partial charge in [-0.3, -0.25) is 9.80 Å². The smallest absolute Gasteiger partial charge is 0.295 e. The third-order valence-electron chi connectivity index (χ3n) is 3.16. The summed E-state index contributed by atoms with van der Waals surface area (Å²) in [5.74, 6) is -1.62. The summed E-state index contributed by atoms with van der Waals surface area (Å²) in [6.07, 6.45) is 0. The minimum absolute atomic E-state index is 0.0692. The van der Waals surface area contributed by atoms with Gasteiger partial charge in [0.25, 0.3) is 5.91 Å². The summed E-state index contributed by atoms with van der Waals surface area (Å²) in [7, 11) is 1.70. The van der Waals surface area contributed by atoms with E-state index in [1.807, 2.05) is 30.3 Å². The summed E-state index contributed by atoms with van der Waals surface area (Å²) in [6.45, 7) is 3.82. The minimum Gasteiger partial charge on any atom is -0.317 e. The topological polar surface area (TPSA) is 57.1 Å². The molecule has 0 saturated carbocycles. The van der Waals surface area contributed by atoms with Crippen LogP contribution in [0.3, 0.4) is 0 Å². The number of nitrogens with zero attached hydrogens (tertiary/aromatic N) is 3. The number of amides is 1. The molecule has 0 aliphatic heterocycles. The molecule has 0 bridgehead atoms. The quantitative estimate of drug-likeness (QED) is 0.343. The molecule has 0 unspecified atom stereocenters. The third kappa shape index (κ3) is 5.11. The highest BCUT2D eigenvalue weighted by molar-refractivity contribution is 9.10. The van der Waals surface area contributed by atoms with E-state index in [0.717, 1.165) is 5.56 Å².